The number of carbonyl (C=O) groups excluding carboxylic acids is 2. The van der Waals surface area contributed by atoms with E-state index in [0.29, 0.717) is 5.02 Å². The Hall–Kier alpha value is -1.59. The van der Waals surface area contributed by atoms with Gasteiger partial charge in [0.05, 0.1) is 18.6 Å². The number of hydrogen-bond donors (Lipinski definition) is 2. The lowest BCUT2D eigenvalue weighted by molar-refractivity contribution is -0.133. The van der Waals surface area contributed by atoms with Gasteiger partial charge >= 0.3 is 0 Å². The van der Waals surface area contributed by atoms with Crippen LogP contribution in [0.25, 0.3) is 0 Å². The Bertz CT molecular complexity index is 517. The van der Waals surface area contributed by atoms with Crippen molar-refractivity contribution in [2.24, 2.45) is 11.7 Å². The van der Waals surface area contributed by atoms with Gasteiger partial charge in [0.15, 0.2) is 0 Å². The van der Waals surface area contributed by atoms with Crippen molar-refractivity contribution in [3.63, 3.8) is 0 Å². The highest BCUT2D eigenvalue weighted by atomic mass is 35.5. The van der Waals surface area contributed by atoms with E-state index in [1.807, 2.05) is 32.9 Å². The van der Waals surface area contributed by atoms with Gasteiger partial charge in [0, 0.05) is 12.1 Å². The lowest BCUT2D eigenvalue weighted by atomic mass is 10.1. The van der Waals surface area contributed by atoms with E-state index in [-0.39, 0.29) is 30.3 Å². The van der Waals surface area contributed by atoms with Gasteiger partial charge in [-0.25, -0.2) is 0 Å². The molecule has 0 aliphatic heterocycles. The molecule has 1 aromatic carbocycles. The second-order valence-corrected chi connectivity index (χ2v) is 6.16. The summed E-state index contributed by atoms with van der Waals surface area (Å²) < 4.78 is 0. The first-order valence-electron chi connectivity index (χ1n) is 7.28. The zero-order valence-corrected chi connectivity index (χ0v) is 14.2. The number of nitrogens with two attached hydrogens (primary N) is 1. The summed E-state index contributed by atoms with van der Waals surface area (Å²) in [4.78, 5) is 25.5. The minimum atomic E-state index is -0.605. The van der Waals surface area contributed by atoms with Gasteiger partial charge in [0.1, 0.15) is 0 Å². The molecule has 0 aliphatic carbocycles. The number of halogens is 1. The monoisotopic (exact) mass is 325 g/mol. The molecular formula is C16H24ClN3O2. The van der Waals surface area contributed by atoms with E-state index in [2.05, 4.69) is 5.32 Å². The van der Waals surface area contributed by atoms with Crippen molar-refractivity contribution < 1.29 is 9.59 Å². The first kappa shape index (κ1) is 18.5. The molecular weight excluding hydrogens is 302 g/mol. The maximum Gasteiger partial charge on any atom is 0.242 e. The summed E-state index contributed by atoms with van der Waals surface area (Å²) in [7, 11) is 1.70. The number of amides is 2. The van der Waals surface area contributed by atoms with Gasteiger partial charge in [-0.3, -0.25) is 9.59 Å². The van der Waals surface area contributed by atoms with Crippen LogP contribution < -0.4 is 11.1 Å². The fourth-order valence-corrected chi connectivity index (χ4v) is 2.01. The average molecular weight is 326 g/mol. The molecule has 2 amide bonds. The second-order valence-electron chi connectivity index (χ2n) is 5.72. The Kier molecular flexibility index (Phi) is 6.84. The normalized spacial score (nSPS) is 13.6. The van der Waals surface area contributed by atoms with E-state index in [1.165, 1.54) is 0 Å². The summed E-state index contributed by atoms with van der Waals surface area (Å²) >= 11 is 5.86. The fraction of sp³-hybridized carbons (Fsp3) is 0.500. The van der Waals surface area contributed by atoms with Gasteiger partial charge in [0.25, 0.3) is 0 Å². The molecule has 0 heterocycles. The van der Waals surface area contributed by atoms with Crippen LogP contribution in [0.4, 0.5) is 0 Å². The number of carbonyl (C=O) groups is 2. The van der Waals surface area contributed by atoms with E-state index in [1.54, 1.807) is 24.1 Å². The first-order valence-corrected chi connectivity index (χ1v) is 7.66. The lowest BCUT2D eigenvalue weighted by Crippen LogP contribution is -2.47. The van der Waals surface area contributed by atoms with Gasteiger partial charge in [-0.15, -0.1) is 0 Å². The van der Waals surface area contributed by atoms with E-state index >= 15 is 0 Å². The predicted molar refractivity (Wildman–Crippen MR) is 88.5 cm³/mol. The Morgan fingerprint density at radius 2 is 1.77 bits per heavy atom. The third kappa shape index (κ3) is 5.00. The topological polar surface area (TPSA) is 75.4 Å². The summed E-state index contributed by atoms with van der Waals surface area (Å²) in [5.74, 6) is -0.455. The van der Waals surface area contributed by atoms with E-state index < -0.39 is 6.04 Å². The Morgan fingerprint density at radius 3 is 2.27 bits per heavy atom. The lowest BCUT2D eigenvalue weighted by Gasteiger charge is -2.26. The number of likely N-dealkylation sites (N-methyl/N-ethyl adjacent to an activating group) is 1. The summed E-state index contributed by atoms with van der Waals surface area (Å²) in [6, 6.07) is 6.62. The Labute approximate surface area is 136 Å². The molecule has 6 heteroatoms. The molecule has 122 valence electrons. The number of benzene rings is 1. The molecule has 0 aromatic heterocycles. The molecule has 0 aliphatic rings. The second kappa shape index (κ2) is 8.15. The van der Waals surface area contributed by atoms with Gasteiger partial charge < -0.3 is 16.0 Å². The first-order chi connectivity index (χ1) is 10.2. The molecule has 5 nitrogen and oxygen atoms in total. The number of nitrogens with one attached hydrogen (secondary N) is 1. The molecule has 1 unspecified atom stereocenters. The van der Waals surface area contributed by atoms with Crippen molar-refractivity contribution in [2.75, 3.05) is 13.6 Å². The fourth-order valence-electron chi connectivity index (χ4n) is 1.89. The third-order valence-corrected chi connectivity index (χ3v) is 4.01. The van der Waals surface area contributed by atoms with Gasteiger partial charge in [0.2, 0.25) is 11.8 Å². The minimum absolute atomic E-state index is 0.0285. The third-order valence-electron chi connectivity index (χ3n) is 3.76. The maximum atomic E-state index is 12.2. The van der Waals surface area contributed by atoms with Crippen molar-refractivity contribution in [2.45, 2.75) is 32.9 Å². The molecule has 3 N–H and O–H groups in total. The average Bonchev–Trinajstić information content (AvgIpc) is 2.50. The highest BCUT2D eigenvalue weighted by Crippen LogP contribution is 2.20. The van der Waals surface area contributed by atoms with Crippen molar-refractivity contribution >= 4 is 23.4 Å². The highest BCUT2D eigenvalue weighted by Gasteiger charge is 2.21. The van der Waals surface area contributed by atoms with Gasteiger partial charge in [-0.05, 0) is 30.5 Å². The predicted octanol–water partition coefficient (Wildman–Crippen LogP) is 1.96. The van der Waals surface area contributed by atoms with Crippen LogP contribution in [0.5, 0.6) is 0 Å². The van der Waals surface area contributed by atoms with Crippen LogP contribution in [0.15, 0.2) is 24.3 Å². The van der Waals surface area contributed by atoms with Crippen molar-refractivity contribution in [1.82, 2.24) is 10.2 Å². The smallest absolute Gasteiger partial charge is 0.242 e. The van der Waals surface area contributed by atoms with E-state index in [4.69, 9.17) is 17.3 Å². The summed E-state index contributed by atoms with van der Waals surface area (Å²) in [6.45, 7) is 5.58. The van der Waals surface area contributed by atoms with Crippen LogP contribution in [0.1, 0.15) is 32.4 Å². The van der Waals surface area contributed by atoms with Gasteiger partial charge in [-0.1, -0.05) is 37.6 Å². The van der Waals surface area contributed by atoms with Crippen LogP contribution in [-0.4, -0.2) is 36.3 Å². The van der Waals surface area contributed by atoms with E-state index in [9.17, 15) is 9.59 Å². The van der Waals surface area contributed by atoms with Crippen LogP contribution in [-0.2, 0) is 9.59 Å². The maximum absolute atomic E-state index is 12.2. The number of rotatable bonds is 6. The molecule has 2 atom stereocenters. The SMILES string of the molecule is CC(C)[C@H](N)C(=O)NCC(=O)N(C)C(C)c1ccc(Cl)cc1. The molecule has 0 fully saturated rings. The number of hydrogen-bond acceptors (Lipinski definition) is 3. The minimum Gasteiger partial charge on any atom is -0.346 e. The van der Waals surface area contributed by atoms with Gasteiger partial charge in [-0.2, -0.15) is 0 Å². The zero-order chi connectivity index (χ0) is 16.9. The molecule has 0 radical (unpaired) electrons. The molecule has 22 heavy (non-hydrogen) atoms. The Balaban J connectivity index is 2.58. The summed E-state index contributed by atoms with van der Waals surface area (Å²) in [6.07, 6.45) is 0. The molecule has 1 aromatic rings. The number of nitrogens with zero attached hydrogens (tertiary/aromatic N) is 1. The largest absolute Gasteiger partial charge is 0.346 e. The summed E-state index contributed by atoms with van der Waals surface area (Å²) in [5, 5.41) is 3.24. The van der Waals surface area contributed by atoms with Crippen LogP contribution >= 0.6 is 11.6 Å². The highest BCUT2D eigenvalue weighted by molar-refractivity contribution is 6.30. The molecule has 0 saturated carbocycles. The molecule has 0 saturated heterocycles. The molecule has 0 bridgehead atoms. The van der Waals surface area contributed by atoms with Crippen LogP contribution in [0.2, 0.25) is 5.02 Å². The molecule has 1 rings (SSSR count). The summed E-state index contributed by atoms with van der Waals surface area (Å²) in [5.41, 5.74) is 6.72. The van der Waals surface area contributed by atoms with Crippen LogP contribution in [0.3, 0.4) is 0 Å². The quantitative estimate of drug-likeness (QED) is 0.839. The van der Waals surface area contributed by atoms with Crippen molar-refractivity contribution in [3.8, 4) is 0 Å². The van der Waals surface area contributed by atoms with Crippen LogP contribution in [0, 0.1) is 5.92 Å². The molecule has 0 spiro atoms. The van der Waals surface area contributed by atoms with E-state index in [0.717, 1.165) is 5.56 Å². The Morgan fingerprint density at radius 1 is 1.23 bits per heavy atom. The van der Waals surface area contributed by atoms with Crippen molar-refractivity contribution in [3.05, 3.63) is 34.9 Å². The zero-order valence-electron chi connectivity index (χ0n) is 13.5. The standard InChI is InChI=1S/C16H24ClN3O2/c1-10(2)15(18)16(22)19-9-14(21)20(4)11(3)12-5-7-13(17)8-6-12/h5-8,10-11,15H,9,18H2,1-4H3,(H,19,22)/t11?,15-/m0/s1. The van der Waals surface area contributed by atoms with Crippen molar-refractivity contribution in [1.29, 1.82) is 0 Å².